The molecule has 31 heavy (non-hydrogen) atoms. The van der Waals surface area contributed by atoms with Gasteiger partial charge in [0.05, 0.1) is 11.2 Å². The zero-order chi connectivity index (χ0) is 21.2. The standard InChI is InChI=1S/C24H27FN4O2/c1-16-6-5-7-19(23(16)25)28-24-18-12-22-21(13-20(18)26-15-27-24)30-14-17(31-22)8-11-29-9-3-2-4-10-29/h5-7,12-13,15,17H,2-4,8-11,14H2,1H3,(H,26,27,28). The number of rotatable bonds is 5. The Morgan fingerprint density at radius 2 is 2.00 bits per heavy atom. The molecule has 0 bridgehead atoms. The van der Waals surface area contributed by atoms with E-state index in [2.05, 4.69) is 20.2 Å². The number of benzene rings is 2. The number of nitrogens with zero attached hydrogens (tertiary/aromatic N) is 3. The lowest BCUT2D eigenvalue weighted by molar-refractivity contribution is 0.0730. The second kappa shape index (κ2) is 8.67. The van der Waals surface area contributed by atoms with E-state index in [1.165, 1.54) is 38.7 Å². The second-order valence-electron chi connectivity index (χ2n) is 8.34. The largest absolute Gasteiger partial charge is 0.486 e. The fourth-order valence-electron chi connectivity index (χ4n) is 4.29. The van der Waals surface area contributed by atoms with Crippen molar-refractivity contribution < 1.29 is 13.9 Å². The van der Waals surface area contributed by atoms with Crippen LogP contribution in [0.15, 0.2) is 36.7 Å². The maximum atomic E-state index is 14.5. The molecule has 1 fully saturated rings. The van der Waals surface area contributed by atoms with Gasteiger partial charge < -0.3 is 19.7 Å². The topological polar surface area (TPSA) is 59.5 Å². The van der Waals surface area contributed by atoms with Crippen molar-refractivity contribution in [3.05, 3.63) is 48.0 Å². The molecule has 0 saturated carbocycles. The normalized spacial score (nSPS) is 18.8. The predicted octanol–water partition coefficient (Wildman–Crippen LogP) is 4.84. The number of aromatic nitrogens is 2. The Balaban J connectivity index is 1.37. The van der Waals surface area contributed by atoms with Crippen molar-refractivity contribution in [1.82, 2.24) is 14.9 Å². The number of nitrogens with one attached hydrogen (secondary N) is 1. The number of fused-ring (bicyclic) bond motifs is 2. The summed E-state index contributed by atoms with van der Waals surface area (Å²) in [5.74, 6) is 1.62. The lowest BCUT2D eigenvalue weighted by atomic mass is 10.1. The first-order valence-corrected chi connectivity index (χ1v) is 11.0. The number of aryl methyl sites for hydroxylation is 1. The Morgan fingerprint density at radius 1 is 1.13 bits per heavy atom. The van der Waals surface area contributed by atoms with E-state index in [0.717, 1.165) is 23.9 Å². The summed E-state index contributed by atoms with van der Waals surface area (Å²) >= 11 is 0. The van der Waals surface area contributed by atoms with E-state index < -0.39 is 0 Å². The van der Waals surface area contributed by atoms with Gasteiger partial charge in [0.2, 0.25) is 0 Å². The van der Waals surface area contributed by atoms with E-state index in [1.807, 2.05) is 18.2 Å². The van der Waals surface area contributed by atoms with Crippen LogP contribution in [0.4, 0.5) is 15.9 Å². The molecule has 6 nitrogen and oxygen atoms in total. The van der Waals surface area contributed by atoms with Crippen LogP contribution in [-0.4, -0.2) is 47.2 Å². The van der Waals surface area contributed by atoms with E-state index in [4.69, 9.17) is 9.47 Å². The van der Waals surface area contributed by atoms with Gasteiger partial charge in [-0.3, -0.25) is 0 Å². The summed E-state index contributed by atoms with van der Waals surface area (Å²) in [6.07, 6.45) is 6.33. The molecule has 5 rings (SSSR count). The highest BCUT2D eigenvalue weighted by atomic mass is 19.1. The van der Waals surface area contributed by atoms with Crippen LogP contribution in [0.3, 0.4) is 0 Å². The van der Waals surface area contributed by atoms with Gasteiger partial charge >= 0.3 is 0 Å². The van der Waals surface area contributed by atoms with Crippen molar-refractivity contribution in [2.45, 2.75) is 38.7 Å². The molecule has 0 amide bonds. The Bertz CT molecular complexity index is 1080. The predicted molar refractivity (Wildman–Crippen MR) is 119 cm³/mol. The minimum atomic E-state index is -0.287. The highest BCUT2D eigenvalue weighted by Gasteiger charge is 2.24. The number of hydrogen-bond acceptors (Lipinski definition) is 6. The second-order valence-corrected chi connectivity index (χ2v) is 8.34. The smallest absolute Gasteiger partial charge is 0.163 e. The van der Waals surface area contributed by atoms with Crippen molar-refractivity contribution in [1.29, 1.82) is 0 Å². The first kappa shape index (κ1) is 20.0. The fourth-order valence-corrected chi connectivity index (χ4v) is 4.29. The van der Waals surface area contributed by atoms with Crippen LogP contribution in [0.1, 0.15) is 31.2 Å². The third-order valence-electron chi connectivity index (χ3n) is 6.08. The number of hydrogen-bond donors (Lipinski definition) is 1. The molecule has 2 aromatic carbocycles. The fraction of sp³-hybridized carbons (Fsp3) is 0.417. The third kappa shape index (κ3) is 4.28. The minimum Gasteiger partial charge on any atom is -0.486 e. The van der Waals surface area contributed by atoms with Crippen LogP contribution in [0, 0.1) is 12.7 Å². The molecule has 1 atom stereocenters. The maximum Gasteiger partial charge on any atom is 0.163 e. The Labute approximate surface area is 181 Å². The summed E-state index contributed by atoms with van der Waals surface area (Å²) in [5, 5.41) is 3.88. The number of ether oxygens (including phenoxy) is 2. The van der Waals surface area contributed by atoms with Crippen LogP contribution < -0.4 is 14.8 Å². The van der Waals surface area contributed by atoms with Crippen LogP contribution in [-0.2, 0) is 0 Å². The molecule has 0 spiro atoms. The lowest BCUT2D eigenvalue weighted by Gasteiger charge is -2.31. The minimum absolute atomic E-state index is 0.0159. The number of piperidine rings is 1. The third-order valence-corrected chi connectivity index (χ3v) is 6.08. The number of halogens is 1. The molecule has 1 saturated heterocycles. The van der Waals surface area contributed by atoms with Gasteiger partial charge in [0.1, 0.15) is 30.7 Å². The highest BCUT2D eigenvalue weighted by Crippen LogP contribution is 2.38. The average Bonchev–Trinajstić information content (AvgIpc) is 2.80. The van der Waals surface area contributed by atoms with Gasteiger partial charge in [0.15, 0.2) is 11.5 Å². The van der Waals surface area contributed by atoms with Crippen molar-refractivity contribution in [3.8, 4) is 11.5 Å². The van der Waals surface area contributed by atoms with Crippen LogP contribution >= 0.6 is 0 Å². The summed E-state index contributed by atoms with van der Waals surface area (Å²) in [5.41, 5.74) is 1.68. The van der Waals surface area contributed by atoms with E-state index in [9.17, 15) is 4.39 Å². The Hall–Kier alpha value is -2.93. The SMILES string of the molecule is Cc1cccc(Nc2ncnc3cc4c(cc23)OC(CCN2CCCCC2)CO4)c1F. The van der Waals surface area contributed by atoms with Crippen LogP contribution in [0.2, 0.25) is 0 Å². The molecule has 0 aliphatic carbocycles. The van der Waals surface area contributed by atoms with Crippen LogP contribution in [0.5, 0.6) is 11.5 Å². The zero-order valence-electron chi connectivity index (χ0n) is 17.7. The van der Waals surface area contributed by atoms with Crippen molar-refractivity contribution in [2.24, 2.45) is 0 Å². The van der Waals surface area contributed by atoms with Gasteiger partial charge in [0, 0.05) is 24.4 Å². The molecule has 3 aromatic rings. The monoisotopic (exact) mass is 422 g/mol. The molecule has 1 unspecified atom stereocenters. The Kier molecular flexibility index (Phi) is 5.59. The molecule has 2 aliphatic heterocycles. The van der Waals surface area contributed by atoms with Crippen molar-refractivity contribution in [3.63, 3.8) is 0 Å². The quantitative estimate of drug-likeness (QED) is 0.635. The Morgan fingerprint density at radius 3 is 2.87 bits per heavy atom. The molecule has 162 valence electrons. The summed E-state index contributed by atoms with van der Waals surface area (Å²) in [6, 6.07) is 9.02. The van der Waals surface area contributed by atoms with Gasteiger partial charge in [-0.2, -0.15) is 0 Å². The average molecular weight is 423 g/mol. The molecule has 0 radical (unpaired) electrons. The van der Waals surface area contributed by atoms with Gasteiger partial charge in [-0.1, -0.05) is 18.6 Å². The van der Waals surface area contributed by atoms with E-state index >= 15 is 0 Å². The van der Waals surface area contributed by atoms with Crippen molar-refractivity contribution >= 4 is 22.4 Å². The number of anilines is 2. The molecule has 1 aromatic heterocycles. The summed E-state index contributed by atoms with van der Waals surface area (Å²) in [6.45, 7) is 5.66. The van der Waals surface area contributed by atoms with Crippen molar-refractivity contribution in [2.75, 3.05) is 31.6 Å². The lowest BCUT2D eigenvalue weighted by Crippen LogP contribution is -2.36. The van der Waals surface area contributed by atoms with Gasteiger partial charge in [0.25, 0.3) is 0 Å². The summed E-state index contributed by atoms with van der Waals surface area (Å²) in [7, 11) is 0. The van der Waals surface area contributed by atoms with Crippen LogP contribution in [0.25, 0.3) is 10.9 Å². The number of likely N-dealkylation sites (tertiary alicyclic amines) is 1. The van der Waals surface area contributed by atoms with Gasteiger partial charge in [-0.25, -0.2) is 14.4 Å². The maximum absolute atomic E-state index is 14.5. The van der Waals surface area contributed by atoms with E-state index in [-0.39, 0.29) is 11.9 Å². The highest BCUT2D eigenvalue weighted by molar-refractivity contribution is 5.93. The summed E-state index contributed by atoms with van der Waals surface area (Å²) < 4.78 is 26.8. The molecular formula is C24H27FN4O2. The van der Waals surface area contributed by atoms with Gasteiger partial charge in [-0.05, 0) is 50.6 Å². The molecule has 3 heterocycles. The van der Waals surface area contributed by atoms with E-state index in [0.29, 0.717) is 35.2 Å². The molecule has 1 N–H and O–H groups in total. The molecule has 2 aliphatic rings. The molecule has 7 heteroatoms. The zero-order valence-corrected chi connectivity index (χ0v) is 17.7. The van der Waals surface area contributed by atoms with E-state index in [1.54, 1.807) is 19.1 Å². The molecular weight excluding hydrogens is 395 g/mol. The first-order chi connectivity index (χ1) is 15.2. The summed E-state index contributed by atoms with van der Waals surface area (Å²) in [4.78, 5) is 11.2. The first-order valence-electron chi connectivity index (χ1n) is 11.0. The van der Waals surface area contributed by atoms with Gasteiger partial charge in [-0.15, -0.1) is 0 Å².